The molecule has 2 N–H and O–H groups in total. The summed E-state index contributed by atoms with van der Waals surface area (Å²) in [5, 5.41) is 9.26. The normalized spacial score (nSPS) is 19.0. The summed E-state index contributed by atoms with van der Waals surface area (Å²) in [6.07, 6.45) is 3.71. The minimum Gasteiger partial charge on any atom is -0.377 e. The van der Waals surface area contributed by atoms with Crippen LogP contribution < -0.4 is 10.2 Å². The van der Waals surface area contributed by atoms with Gasteiger partial charge < -0.3 is 19.9 Å². The Morgan fingerprint density at radius 3 is 2.85 bits per heavy atom. The zero-order valence-corrected chi connectivity index (χ0v) is 19.9. The number of H-pyrrole nitrogens is 1. The maximum atomic E-state index is 5.69. The minimum absolute atomic E-state index is 0.241. The molecule has 0 unspecified atom stereocenters. The summed E-state index contributed by atoms with van der Waals surface area (Å²) < 4.78 is 7.83. The van der Waals surface area contributed by atoms with Gasteiger partial charge >= 0.3 is 0 Å². The topological polar surface area (TPSA) is 96.8 Å². The molecular formula is C25H30N8O. The molecule has 9 heteroatoms. The van der Waals surface area contributed by atoms with Crippen molar-refractivity contribution in [3.05, 3.63) is 42.0 Å². The Kier molecular flexibility index (Phi) is 5.30. The SMILES string of the molecule is Cc1nn(CC2CNC2)c(C)c1-c1cc(N2CCOC[C@H]2C)nc(-c2ccnc3[nH]ccc23)n1. The molecule has 0 bridgehead atoms. The number of ether oxygens (including phenoxy) is 1. The predicted molar refractivity (Wildman–Crippen MR) is 132 cm³/mol. The summed E-state index contributed by atoms with van der Waals surface area (Å²) in [5.41, 5.74) is 5.96. The van der Waals surface area contributed by atoms with E-state index < -0.39 is 0 Å². The lowest BCUT2D eigenvalue weighted by atomic mass is 10.0. The smallest absolute Gasteiger partial charge is 0.162 e. The number of nitrogens with zero attached hydrogens (tertiary/aromatic N) is 6. The maximum absolute atomic E-state index is 5.69. The Labute approximate surface area is 198 Å². The Morgan fingerprint density at radius 1 is 1.18 bits per heavy atom. The fraction of sp³-hybridized carbons (Fsp3) is 0.440. The van der Waals surface area contributed by atoms with Gasteiger partial charge in [-0.2, -0.15) is 5.10 Å². The van der Waals surface area contributed by atoms with Crippen LogP contribution in [0.15, 0.2) is 30.6 Å². The quantitative estimate of drug-likeness (QED) is 0.475. The molecule has 176 valence electrons. The van der Waals surface area contributed by atoms with Crippen LogP contribution in [0.25, 0.3) is 33.7 Å². The van der Waals surface area contributed by atoms with Crippen molar-refractivity contribution < 1.29 is 4.74 Å². The van der Waals surface area contributed by atoms with Crippen LogP contribution in [0.4, 0.5) is 5.82 Å². The Bertz CT molecular complexity index is 1340. The molecule has 0 radical (unpaired) electrons. The largest absolute Gasteiger partial charge is 0.377 e. The van der Waals surface area contributed by atoms with Gasteiger partial charge in [0.2, 0.25) is 0 Å². The highest BCUT2D eigenvalue weighted by Gasteiger charge is 2.25. The highest BCUT2D eigenvalue weighted by Crippen LogP contribution is 2.33. The van der Waals surface area contributed by atoms with Gasteiger partial charge in [0.05, 0.1) is 30.6 Å². The fourth-order valence-electron chi connectivity index (χ4n) is 5.02. The van der Waals surface area contributed by atoms with E-state index in [0.29, 0.717) is 25.0 Å². The number of hydrogen-bond acceptors (Lipinski definition) is 7. The lowest BCUT2D eigenvalue weighted by Gasteiger charge is -2.34. The van der Waals surface area contributed by atoms with Crippen molar-refractivity contribution in [3.8, 4) is 22.6 Å². The van der Waals surface area contributed by atoms with E-state index in [0.717, 1.165) is 71.2 Å². The predicted octanol–water partition coefficient (Wildman–Crippen LogP) is 2.94. The van der Waals surface area contributed by atoms with Gasteiger partial charge in [0.15, 0.2) is 5.82 Å². The number of aromatic nitrogens is 6. The van der Waals surface area contributed by atoms with Gasteiger partial charge in [0, 0.05) is 72.8 Å². The summed E-state index contributed by atoms with van der Waals surface area (Å²) >= 11 is 0. The molecular weight excluding hydrogens is 428 g/mol. The Hall–Kier alpha value is -3.30. The Balaban J connectivity index is 1.50. The van der Waals surface area contributed by atoms with Gasteiger partial charge in [-0.25, -0.2) is 15.0 Å². The summed E-state index contributed by atoms with van der Waals surface area (Å²) in [6, 6.07) is 6.39. The molecule has 6 rings (SSSR count). The van der Waals surface area contributed by atoms with Crippen LogP contribution in [0, 0.1) is 19.8 Å². The summed E-state index contributed by atoms with van der Waals surface area (Å²) in [4.78, 5) is 20.1. The van der Waals surface area contributed by atoms with Crippen molar-refractivity contribution in [2.45, 2.75) is 33.4 Å². The van der Waals surface area contributed by atoms with Gasteiger partial charge in [0.25, 0.3) is 0 Å². The number of anilines is 1. The van der Waals surface area contributed by atoms with Crippen LogP contribution in [0.3, 0.4) is 0 Å². The number of morpholine rings is 1. The van der Waals surface area contributed by atoms with E-state index in [1.807, 2.05) is 24.5 Å². The van der Waals surface area contributed by atoms with Crippen molar-refractivity contribution in [2.24, 2.45) is 5.92 Å². The molecule has 0 amide bonds. The van der Waals surface area contributed by atoms with Gasteiger partial charge in [-0.3, -0.25) is 4.68 Å². The van der Waals surface area contributed by atoms with E-state index >= 15 is 0 Å². The van der Waals surface area contributed by atoms with Crippen LogP contribution in [0.1, 0.15) is 18.3 Å². The molecule has 2 fully saturated rings. The van der Waals surface area contributed by atoms with E-state index in [4.69, 9.17) is 19.8 Å². The third kappa shape index (κ3) is 3.65. The molecule has 1 atom stereocenters. The number of aryl methyl sites for hydroxylation is 1. The van der Waals surface area contributed by atoms with Crippen molar-refractivity contribution >= 4 is 16.9 Å². The third-order valence-corrected chi connectivity index (χ3v) is 7.01. The number of hydrogen-bond donors (Lipinski definition) is 2. The molecule has 2 saturated heterocycles. The standard InChI is InChI=1S/C25H30N8O/c1-15-14-34-9-8-32(15)22-10-21(23-16(2)31-33(17(23)3)13-18-11-26-12-18)29-25(30-22)20-5-7-28-24-19(20)4-6-27-24/h4-7,10,15,18,26H,8-9,11-14H2,1-3H3,(H,27,28)/t15-/m1/s1. The van der Waals surface area contributed by atoms with E-state index in [2.05, 4.69) is 51.7 Å². The second kappa shape index (κ2) is 8.48. The molecule has 34 heavy (non-hydrogen) atoms. The first-order chi connectivity index (χ1) is 16.6. The first-order valence-electron chi connectivity index (χ1n) is 12.0. The van der Waals surface area contributed by atoms with Crippen molar-refractivity contribution in [1.29, 1.82) is 0 Å². The number of fused-ring (bicyclic) bond motifs is 1. The highest BCUT2D eigenvalue weighted by atomic mass is 16.5. The molecule has 0 aliphatic carbocycles. The molecule has 4 aromatic heterocycles. The van der Waals surface area contributed by atoms with Crippen molar-refractivity contribution in [2.75, 3.05) is 37.7 Å². The second-order valence-corrected chi connectivity index (χ2v) is 9.40. The fourth-order valence-corrected chi connectivity index (χ4v) is 5.02. The van der Waals surface area contributed by atoms with Gasteiger partial charge in [-0.15, -0.1) is 0 Å². The summed E-state index contributed by atoms with van der Waals surface area (Å²) in [5.74, 6) is 2.26. The van der Waals surface area contributed by atoms with Crippen molar-refractivity contribution in [3.63, 3.8) is 0 Å². The number of pyridine rings is 1. The van der Waals surface area contributed by atoms with E-state index in [1.165, 1.54) is 0 Å². The first-order valence-corrected chi connectivity index (χ1v) is 12.0. The molecule has 6 heterocycles. The number of nitrogens with one attached hydrogen (secondary N) is 2. The zero-order chi connectivity index (χ0) is 23.2. The molecule has 2 aliphatic rings. The second-order valence-electron chi connectivity index (χ2n) is 9.40. The Morgan fingerprint density at radius 2 is 2.06 bits per heavy atom. The van der Waals surface area contributed by atoms with E-state index in [1.54, 1.807) is 0 Å². The highest BCUT2D eigenvalue weighted by molar-refractivity contribution is 5.91. The van der Waals surface area contributed by atoms with Crippen LogP contribution in [-0.2, 0) is 11.3 Å². The molecule has 0 aromatic carbocycles. The van der Waals surface area contributed by atoms with Crippen LogP contribution in [-0.4, -0.2) is 68.6 Å². The monoisotopic (exact) mass is 458 g/mol. The molecule has 4 aromatic rings. The van der Waals surface area contributed by atoms with Crippen LogP contribution >= 0.6 is 0 Å². The molecule has 2 aliphatic heterocycles. The van der Waals surface area contributed by atoms with E-state index in [9.17, 15) is 0 Å². The third-order valence-electron chi connectivity index (χ3n) is 7.01. The lowest BCUT2D eigenvalue weighted by molar-refractivity contribution is 0.0985. The average molecular weight is 459 g/mol. The summed E-state index contributed by atoms with van der Waals surface area (Å²) in [7, 11) is 0. The van der Waals surface area contributed by atoms with Crippen LogP contribution in [0.2, 0.25) is 0 Å². The zero-order valence-electron chi connectivity index (χ0n) is 19.9. The minimum atomic E-state index is 0.241. The molecule has 0 saturated carbocycles. The lowest BCUT2D eigenvalue weighted by Crippen LogP contribution is -2.44. The average Bonchev–Trinajstić information content (AvgIpc) is 3.40. The van der Waals surface area contributed by atoms with Gasteiger partial charge in [0.1, 0.15) is 11.5 Å². The van der Waals surface area contributed by atoms with Crippen molar-refractivity contribution in [1.82, 2.24) is 35.0 Å². The molecule has 0 spiro atoms. The summed E-state index contributed by atoms with van der Waals surface area (Å²) in [6.45, 7) is 11.6. The van der Waals surface area contributed by atoms with E-state index in [-0.39, 0.29) is 6.04 Å². The number of rotatable bonds is 5. The van der Waals surface area contributed by atoms with Gasteiger partial charge in [-0.05, 0) is 32.9 Å². The maximum Gasteiger partial charge on any atom is 0.162 e. The molecule has 9 nitrogen and oxygen atoms in total. The first kappa shape index (κ1) is 21.2. The van der Waals surface area contributed by atoms with Crippen LogP contribution in [0.5, 0.6) is 0 Å². The number of aromatic amines is 1. The van der Waals surface area contributed by atoms with Gasteiger partial charge in [-0.1, -0.05) is 0 Å².